The van der Waals surface area contributed by atoms with E-state index in [4.69, 9.17) is 14.7 Å². The van der Waals surface area contributed by atoms with E-state index in [-0.39, 0.29) is 12.9 Å². The number of aryl methyl sites for hydroxylation is 4. The van der Waals surface area contributed by atoms with Gasteiger partial charge in [-0.1, -0.05) is 24.5 Å². The minimum atomic E-state index is 0. The number of fused-ring (bicyclic) bond motifs is 10. The number of benzene rings is 2. The van der Waals surface area contributed by atoms with Crippen LogP contribution in [-0.4, -0.2) is 29.6 Å². The summed E-state index contributed by atoms with van der Waals surface area (Å²) < 4.78 is 14.2. The van der Waals surface area contributed by atoms with E-state index < -0.39 is 0 Å². The van der Waals surface area contributed by atoms with E-state index in [0.717, 1.165) is 68.1 Å². The molecule has 0 saturated heterocycles. The van der Waals surface area contributed by atoms with Crippen LogP contribution < -0.4 is 14.7 Å². The molecule has 2 aromatic carbocycles. The van der Waals surface area contributed by atoms with Crippen LogP contribution in [0.3, 0.4) is 0 Å². The van der Waals surface area contributed by atoms with Gasteiger partial charge in [-0.15, -0.1) is 0 Å². The third kappa shape index (κ3) is 4.62. The van der Waals surface area contributed by atoms with Crippen LogP contribution in [0.5, 0.6) is 5.75 Å². The Kier molecular flexibility index (Phi) is 7.62. The maximum absolute atomic E-state index is 12.1. The molecule has 2 aliphatic heterocycles. The van der Waals surface area contributed by atoms with Gasteiger partial charge < -0.3 is 4.74 Å². The number of pyridine rings is 2. The van der Waals surface area contributed by atoms with E-state index in [2.05, 4.69) is 87.4 Å². The Balaban J connectivity index is 0.000000153. The molecule has 44 heavy (non-hydrogen) atoms. The fourth-order valence-corrected chi connectivity index (χ4v) is 8.31. The Bertz CT molecular complexity index is 2180. The van der Waals surface area contributed by atoms with E-state index in [0.29, 0.717) is 0 Å². The molecule has 6 aromatic rings. The Morgan fingerprint density at radius 2 is 1.45 bits per heavy atom. The summed E-state index contributed by atoms with van der Waals surface area (Å²) in [5.41, 5.74) is 13.2. The summed E-state index contributed by atoms with van der Waals surface area (Å²) in [5, 5.41) is 0. The average molecular weight is 626 g/mol. The molecule has 10 heteroatoms. The number of hydrogen-bond donors (Lipinski definition) is 0. The summed E-state index contributed by atoms with van der Waals surface area (Å²) >= 11 is 3.49. The maximum Gasteiger partial charge on any atom is 0.415 e. The number of rotatable bonds is 1. The molecular weight excluding hydrogens is 589 g/mol. The smallest absolute Gasteiger partial charge is 0.415 e. The molecule has 4 aromatic heterocycles. The predicted octanol–water partition coefficient (Wildman–Crippen LogP) is 7.02. The van der Waals surface area contributed by atoms with Crippen LogP contribution in [0.15, 0.2) is 53.6 Å². The second kappa shape index (κ2) is 11.2. The quantitative estimate of drug-likeness (QED) is 0.183. The third-order valence-electron chi connectivity index (χ3n) is 8.29. The van der Waals surface area contributed by atoms with Gasteiger partial charge in [0.2, 0.25) is 5.95 Å². The SMILES string of the molecule is C.COc1c(C)c[n+]2c(c1C)CSn1c-2nc2cc(C)ccc21.Cc1ccc2c(c1)nc1n2SCc2c(C)c(=O)c(C)cn2-1. The molecule has 0 aliphatic carbocycles. The summed E-state index contributed by atoms with van der Waals surface area (Å²) in [6, 6.07) is 12.8. The number of imidazole rings is 2. The highest BCUT2D eigenvalue weighted by Crippen LogP contribution is 2.34. The van der Waals surface area contributed by atoms with Crippen molar-refractivity contribution in [2.45, 2.75) is 60.5 Å². The lowest BCUT2D eigenvalue weighted by Crippen LogP contribution is -2.42. The highest BCUT2D eigenvalue weighted by Gasteiger charge is 2.31. The summed E-state index contributed by atoms with van der Waals surface area (Å²) in [7, 11) is 1.74. The Labute approximate surface area is 266 Å². The molecule has 0 fully saturated rings. The third-order valence-corrected chi connectivity index (χ3v) is 10.3. The Morgan fingerprint density at radius 1 is 0.818 bits per heavy atom. The second-order valence-electron chi connectivity index (χ2n) is 11.3. The van der Waals surface area contributed by atoms with Crippen LogP contribution in [0, 0.1) is 41.5 Å². The van der Waals surface area contributed by atoms with Crippen molar-refractivity contribution in [3.05, 3.63) is 104 Å². The summed E-state index contributed by atoms with van der Waals surface area (Å²) in [5.74, 6) is 4.53. The Hall–Kier alpha value is -4.02. The molecule has 0 radical (unpaired) electrons. The number of methoxy groups -OCH3 is 1. The molecule has 2 aliphatic rings. The standard InChI is InChI=1S/C17H18N3OS.C16H15N3OS.CH4/c1-10-5-6-14-13(7-10)18-17-19-8-11(2)16(21-4)12(3)15(19)9-22-20(14)17;1-9-4-5-13-12(6-9)17-16-18-7-10(2)15(20)11(3)14(18)8-21-19(13)16;/h5-8H,9H2,1-4H3;4-7H,8H2,1-3H3;1H4/q+1;;. The normalized spacial score (nSPS) is 12.9. The van der Waals surface area contributed by atoms with Gasteiger partial charge in [0.25, 0.3) is 0 Å². The first-order valence-corrected chi connectivity index (χ1v) is 16.1. The van der Waals surface area contributed by atoms with Crippen molar-refractivity contribution in [2.75, 3.05) is 7.11 Å². The van der Waals surface area contributed by atoms with Gasteiger partial charge in [0.15, 0.2) is 16.5 Å². The number of ether oxygens (including phenoxy) is 1. The molecule has 0 atom stereocenters. The van der Waals surface area contributed by atoms with E-state index >= 15 is 0 Å². The maximum atomic E-state index is 12.1. The molecule has 0 saturated carbocycles. The van der Waals surface area contributed by atoms with Crippen LogP contribution in [0.2, 0.25) is 0 Å². The number of nitrogens with zero attached hydrogens (tertiary/aromatic N) is 6. The molecule has 0 bridgehead atoms. The highest BCUT2D eigenvalue weighted by molar-refractivity contribution is 7.97. The van der Waals surface area contributed by atoms with Gasteiger partial charge in [-0.25, -0.2) is 9.55 Å². The van der Waals surface area contributed by atoms with Crippen molar-refractivity contribution in [1.82, 2.24) is 22.5 Å². The fourth-order valence-electron chi connectivity index (χ4n) is 6.02. The van der Waals surface area contributed by atoms with Gasteiger partial charge in [0.1, 0.15) is 11.4 Å². The second-order valence-corrected chi connectivity index (χ2v) is 13.1. The molecular formula is C34H37N6O2S2+. The van der Waals surface area contributed by atoms with Crippen LogP contribution >= 0.6 is 23.9 Å². The van der Waals surface area contributed by atoms with Crippen molar-refractivity contribution in [1.29, 1.82) is 0 Å². The minimum absolute atomic E-state index is 0. The average Bonchev–Trinajstić information content (AvgIpc) is 3.54. The number of hydrogen-bond acceptors (Lipinski definition) is 6. The zero-order valence-electron chi connectivity index (χ0n) is 25.3. The number of aromatic nitrogens is 6. The van der Waals surface area contributed by atoms with Gasteiger partial charge >= 0.3 is 5.95 Å². The van der Waals surface area contributed by atoms with Gasteiger partial charge in [0.05, 0.1) is 35.8 Å². The molecule has 0 amide bonds. The van der Waals surface area contributed by atoms with Gasteiger partial charge in [-0.3, -0.25) is 13.3 Å². The molecule has 0 spiro atoms. The lowest BCUT2D eigenvalue weighted by Gasteiger charge is -2.22. The van der Waals surface area contributed by atoms with Crippen molar-refractivity contribution in [3.63, 3.8) is 0 Å². The molecule has 226 valence electrons. The van der Waals surface area contributed by atoms with Crippen molar-refractivity contribution in [3.8, 4) is 17.6 Å². The largest absolute Gasteiger partial charge is 0.496 e. The molecule has 6 heterocycles. The fraction of sp³-hybridized carbons (Fsp3) is 0.294. The van der Waals surface area contributed by atoms with Gasteiger partial charge in [-0.2, -0.15) is 3.97 Å². The molecule has 0 unspecified atom stereocenters. The van der Waals surface area contributed by atoms with Gasteiger partial charge in [0, 0.05) is 46.1 Å². The first-order chi connectivity index (χ1) is 20.7. The highest BCUT2D eigenvalue weighted by atomic mass is 32.2. The van der Waals surface area contributed by atoms with E-state index in [1.165, 1.54) is 27.9 Å². The summed E-state index contributed by atoms with van der Waals surface area (Å²) in [4.78, 5) is 21.7. The van der Waals surface area contributed by atoms with Crippen LogP contribution in [0.4, 0.5) is 0 Å². The van der Waals surface area contributed by atoms with Crippen LogP contribution in [0.1, 0.15) is 52.2 Å². The predicted molar refractivity (Wildman–Crippen MR) is 182 cm³/mol. The van der Waals surface area contributed by atoms with Crippen molar-refractivity contribution in [2.24, 2.45) is 0 Å². The van der Waals surface area contributed by atoms with E-state index in [1.807, 2.05) is 20.0 Å². The lowest BCUT2D eigenvalue weighted by molar-refractivity contribution is -0.613. The first kappa shape index (κ1) is 30.0. The van der Waals surface area contributed by atoms with E-state index in [1.54, 1.807) is 31.0 Å². The summed E-state index contributed by atoms with van der Waals surface area (Å²) in [6.07, 6.45) is 4.04. The topological polar surface area (TPSA) is 70.8 Å². The molecule has 8 nitrogen and oxygen atoms in total. The molecule has 0 N–H and O–H groups in total. The minimum Gasteiger partial charge on any atom is -0.496 e. The zero-order valence-corrected chi connectivity index (χ0v) is 27.0. The Morgan fingerprint density at radius 3 is 2.14 bits per heavy atom. The first-order valence-electron chi connectivity index (χ1n) is 14.2. The van der Waals surface area contributed by atoms with Crippen molar-refractivity contribution < 1.29 is 9.30 Å². The van der Waals surface area contributed by atoms with Crippen LogP contribution in [0.25, 0.3) is 34.0 Å². The van der Waals surface area contributed by atoms with Gasteiger partial charge in [-0.05, 0) is 88.9 Å². The van der Waals surface area contributed by atoms with Crippen molar-refractivity contribution >= 4 is 46.0 Å². The lowest BCUT2D eigenvalue weighted by atomic mass is 10.1. The van der Waals surface area contributed by atoms with Crippen LogP contribution in [-0.2, 0) is 11.5 Å². The van der Waals surface area contributed by atoms with E-state index in [9.17, 15) is 4.79 Å². The summed E-state index contributed by atoms with van der Waals surface area (Å²) in [6.45, 7) is 12.2. The zero-order chi connectivity index (χ0) is 30.2. The monoisotopic (exact) mass is 625 g/mol. The molecule has 8 rings (SSSR count).